The summed E-state index contributed by atoms with van der Waals surface area (Å²) in [6, 6.07) is 2.19. The molecule has 1 N–H and O–H groups in total. The lowest BCUT2D eigenvalue weighted by Gasteiger charge is -2.12. The number of ether oxygens (including phenoxy) is 1. The maximum atomic E-state index is 13.5. The zero-order chi connectivity index (χ0) is 13.0. The molecule has 0 heterocycles. The highest BCUT2D eigenvalue weighted by Gasteiger charge is 2.14. The number of aliphatic hydroxyl groups is 1. The average molecular weight is 244 g/mol. The number of rotatable bonds is 5. The summed E-state index contributed by atoms with van der Waals surface area (Å²) >= 11 is 0. The molecule has 0 aliphatic heterocycles. The van der Waals surface area contributed by atoms with Gasteiger partial charge in [0.05, 0.1) is 12.7 Å². The third-order valence-electron chi connectivity index (χ3n) is 2.44. The molecule has 0 bridgehead atoms. The van der Waals surface area contributed by atoms with Gasteiger partial charge >= 0.3 is 0 Å². The maximum absolute atomic E-state index is 13.5. The molecule has 0 saturated carbocycles. The molecule has 0 aliphatic rings. The summed E-state index contributed by atoms with van der Waals surface area (Å²) in [5, 5.41) is 9.24. The fraction of sp³-hybridized carbons (Fsp3) is 0.538. The summed E-state index contributed by atoms with van der Waals surface area (Å²) in [5.74, 6) is -1.50. The first kappa shape index (κ1) is 13.9. The van der Waals surface area contributed by atoms with Gasteiger partial charge in [-0.25, -0.2) is 8.78 Å². The van der Waals surface area contributed by atoms with E-state index < -0.39 is 17.7 Å². The van der Waals surface area contributed by atoms with Crippen LogP contribution in [0.1, 0.15) is 38.9 Å². The molecule has 0 aliphatic carbocycles. The Labute approximate surface area is 100 Å². The van der Waals surface area contributed by atoms with E-state index in [1.54, 1.807) is 0 Å². The first-order valence-corrected chi connectivity index (χ1v) is 5.71. The van der Waals surface area contributed by atoms with Crippen molar-refractivity contribution in [3.8, 4) is 5.75 Å². The van der Waals surface area contributed by atoms with Crippen LogP contribution in [-0.2, 0) is 0 Å². The predicted molar refractivity (Wildman–Crippen MR) is 61.9 cm³/mol. The van der Waals surface area contributed by atoms with Gasteiger partial charge in [0.15, 0.2) is 17.4 Å². The van der Waals surface area contributed by atoms with E-state index in [1.165, 1.54) is 6.92 Å². The lowest BCUT2D eigenvalue weighted by Crippen LogP contribution is -2.05. The molecular weight excluding hydrogens is 226 g/mol. The van der Waals surface area contributed by atoms with Crippen LogP contribution in [0.4, 0.5) is 8.78 Å². The Balaban J connectivity index is 2.79. The smallest absolute Gasteiger partial charge is 0.190 e. The zero-order valence-corrected chi connectivity index (χ0v) is 10.3. The van der Waals surface area contributed by atoms with E-state index in [2.05, 4.69) is 0 Å². The Hall–Kier alpha value is -1.16. The molecule has 1 rings (SSSR count). The maximum Gasteiger partial charge on any atom is 0.190 e. The Morgan fingerprint density at radius 1 is 1.18 bits per heavy atom. The number of hydrogen-bond donors (Lipinski definition) is 1. The van der Waals surface area contributed by atoms with E-state index in [9.17, 15) is 13.9 Å². The quantitative estimate of drug-likeness (QED) is 0.859. The third-order valence-corrected chi connectivity index (χ3v) is 2.44. The Kier molecular flexibility index (Phi) is 4.87. The largest absolute Gasteiger partial charge is 0.488 e. The zero-order valence-electron chi connectivity index (χ0n) is 10.3. The van der Waals surface area contributed by atoms with Gasteiger partial charge in [0.1, 0.15) is 0 Å². The lowest BCUT2D eigenvalue weighted by molar-refractivity contribution is 0.197. The number of halogens is 2. The molecule has 96 valence electrons. The second kappa shape index (κ2) is 5.96. The van der Waals surface area contributed by atoms with Gasteiger partial charge in [0.25, 0.3) is 0 Å². The van der Waals surface area contributed by atoms with E-state index in [0.29, 0.717) is 5.92 Å². The van der Waals surface area contributed by atoms with Crippen LogP contribution in [-0.4, -0.2) is 11.7 Å². The van der Waals surface area contributed by atoms with Gasteiger partial charge < -0.3 is 9.84 Å². The topological polar surface area (TPSA) is 29.5 Å². The third kappa shape index (κ3) is 3.97. The van der Waals surface area contributed by atoms with Crippen LogP contribution >= 0.6 is 0 Å². The van der Waals surface area contributed by atoms with E-state index in [1.807, 2.05) is 13.8 Å². The lowest BCUT2D eigenvalue weighted by atomic mass is 10.1. The Bertz CT molecular complexity index is 353. The van der Waals surface area contributed by atoms with Crippen molar-refractivity contribution in [1.82, 2.24) is 0 Å². The summed E-state index contributed by atoms with van der Waals surface area (Å²) in [6.07, 6.45) is -0.166. The van der Waals surface area contributed by atoms with Crippen LogP contribution in [0.5, 0.6) is 5.75 Å². The van der Waals surface area contributed by atoms with Gasteiger partial charge in [-0.05, 0) is 37.0 Å². The van der Waals surface area contributed by atoms with Crippen molar-refractivity contribution in [2.24, 2.45) is 5.92 Å². The van der Waals surface area contributed by atoms with Crippen molar-refractivity contribution >= 4 is 0 Å². The number of hydrogen-bond acceptors (Lipinski definition) is 2. The first-order chi connectivity index (χ1) is 7.91. The van der Waals surface area contributed by atoms with Gasteiger partial charge in [-0.15, -0.1) is 0 Å². The molecule has 0 amide bonds. The van der Waals surface area contributed by atoms with Crippen LogP contribution in [0.3, 0.4) is 0 Å². The van der Waals surface area contributed by atoms with Crippen molar-refractivity contribution in [2.45, 2.75) is 33.3 Å². The summed E-state index contributed by atoms with van der Waals surface area (Å²) in [6.45, 7) is 5.74. The number of benzene rings is 1. The minimum atomic E-state index is -0.899. The fourth-order valence-corrected chi connectivity index (χ4v) is 1.36. The molecule has 0 unspecified atom stereocenters. The Morgan fingerprint density at radius 2 is 1.71 bits per heavy atom. The molecule has 0 spiro atoms. The summed E-state index contributed by atoms with van der Waals surface area (Å²) in [4.78, 5) is 0. The minimum Gasteiger partial charge on any atom is -0.488 e. The minimum absolute atomic E-state index is 0.205. The van der Waals surface area contributed by atoms with Crippen LogP contribution in [0.2, 0.25) is 0 Å². The summed E-state index contributed by atoms with van der Waals surface area (Å²) in [7, 11) is 0. The van der Waals surface area contributed by atoms with E-state index >= 15 is 0 Å². The molecule has 4 heteroatoms. The van der Waals surface area contributed by atoms with Gasteiger partial charge in [0, 0.05) is 0 Å². The second-order valence-electron chi connectivity index (χ2n) is 4.52. The van der Waals surface area contributed by atoms with Crippen molar-refractivity contribution in [1.29, 1.82) is 0 Å². The van der Waals surface area contributed by atoms with Gasteiger partial charge in [-0.2, -0.15) is 0 Å². The fourth-order valence-electron chi connectivity index (χ4n) is 1.36. The molecule has 0 aromatic heterocycles. The van der Waals surface area contributed by atoms with Crippen LogP contribution in [0.25, 0.3) is 0 Å². The average Bonchev–Trinajstić information content (AvgIpc) is 2.21. The standard InChI is InChI=1S/C13H18F2O2/c1-8(2)4-5-17-13-11(14)6-10(9(3)16)7-12(13)15/h6-9,16H,4-5H2,1-3H3/t9-/m1/s1. The molecule has 0 fully saturated rings. The molecule has 0 radical (unpaired) electrons. The van der Waals surface area contributed by atoms with Crippen LogP contribution < -0.4 is 4.74 Å². The molecule has 0 saturated heterocycles. The second-order valence-corrected chi connectivity index (χ2v) is 4.52. The molecule has 1 aromatic rings. The normalized spacial score (nSPS) is 12.9. The molecular formula is C13H18F2O2. The van der Waals surface area contributed by atoms with Crippen molar-refractivity contribution in [2.75, 3.05) is 6.61 Å². The van der Waals surface area contributed by atoms with Crippen molar-refractivity contribution in [3.05, 3.63) is 29.3 Å². The Morgan fingerprint density at radius 3 is 2.12 bits per heavy atom. The highest BCUT2D eigenvalue weighted by Crippen LogP contribution is 2.26. The number of aliphatic hydroxyl groups excluding tert-OH is 1. The first-order valence-electron chi connectivity index (χ1n) is 5.71. The van der Waals surface area contributed by atoms with Gasteiger partial charge in [0.2, 0.25) is 0 Å². The van der Waals surface area contributed by atoms with E-state index in [0.717, 1.165) is 18.6 Å². The monoisotopic (exact) mass is 244 g/mol. The summed E-state index contributed by atoms with van der Waals surface area (Å²) in [5.41, 5.74) is 0.205. The SMILES string of the molecule is CC(C)CCOc1c(F)cc([C@@H](C)O)cc1F. The molecule has 1 aromatic carbocycles. The molecule has 1 atom stereocenters. The van der Waals surface area contributed by atoms with Crippen molar-refractivity contribution < 1.29 is 18.6 Å². The summed E-state index contributed by atoms with van der Waals surface area (Å²) < 4.78 is 32.1. The van der Waals surface area contributed by atoms with E-state index in [4.69, 9.17) is 4.74 Å². The van der Waals surface area contributed by atoms with Crippen LogP contribution in [0, 0.1) is 17.6 Å². The van der Waals surface area contributed by atoms with Crippen LogP contribution in [0.15, 0.2) is 12.1 Å². The highest BCUT2D eigenvalue weighted by molar-refractivity contribution is 5.32. The van der Waals surface area contributed by atoms with Gasteiger partial charge in [-0.3, -0.25) is 0 Å². The highest BCUT2D eigenvalue weighted by atomic mass is 19.1. The van der Waals surface area contributed by atoms with Gasteiger partial charge in [-0.1, -0.05) is 13.8 Å². The van der Waals surface area contributed by atoms with E-state index in [-0.39, 0.29) is 17.9 Å². The molecule has 2 nitrogen and oxygen atoms in total. The molecule has 17 heavy (non-hydrogen) atoms. The predicted octanol–water partition coefficient (Wildman–Crippen LogP) is 3.44. The van der Waals surface area contributed by atoms with Crippen molar-refractivity contribution in [3.63, 3.8) is 0 Å².